The minimum atomic E-state index is 0.275. The second-order valence-corrected chi connectivity index (χ2v) is 7.21. The summed E-state index contributed by atoms with van der Waals surface area (Å²) in [5.41, 5.74) is 10.7. The summed E-state index contributed by atoms with van der Waals surface area (Å²) in [6.07, 6.45) is 1.88. The maximum absolute atomic E-state index is 5.74. The van der Waals surface area contributed by atoms with E-state index in [0.717, 1.165) is 61.3 Å². The van der Waals surface area contributed by atoms with E-state index in [1.165, 1.54) is 5.56 Å². The first-order chi connectivity index (χ1) is 14.8. The quantitative estimate of drug-likeness (QED) is 0.531. The van der Waals surface area contributed by atoms with Gasteiger partial charge in [0.05, 0.1) is 30.8 Å². The number of nitrogens with one attached hydrogen (secondary N) is 1. The van der Waals surface area contributed by atoms with Crippen molar-refractivity contribution in [3.05, 3.63) is 66.4 Å². The molecule has 1 saturated heterocycles. The maximum Gasteiger partial charge on any atom is 0.240 e. The van der Waals surface area contributed by atoms with Crippen molar-refractivity contribution in [2.75, 3.05) is 42.3 Å². The first kappa shape index (κ1) is 18.4. The van der Waals surface area contributed by atoms with Gasteiger partial charge < -0.3 is 20.7 Å². The summed E-state index contributed by atoms with van der Waals surface area (Å²) in [4.78, 5) is 11.0. The van der Waals surface area contributed by atoms with Gasteiger partial charge in [0.2, 0.25) is 5.95 Å². The van der Waals surface area contributed by atoms with Crippen LogP contribution in [-0.2, 0) is 11.3 Å². The van der Waals surface area contributed by atoms with E-state index in [1.54, 1.807) is 4.52 Å². The summed E-state index contributed by atoms with van der Waals surface area (Å²) < 4.78 is 7.16. The minimum absolute atomic E-state index is 0.275. The Morgan fingerprint density at radius 2 is 1.83 bits per heavy atom. The van der Waals surface area contributed by atoms with Crippen molar-refractivity contribution in [1.82, 2.24) is 19.6 Å². The largest absolute Gasteiger partial charge is 0.380 e. The standard InChI is InChI=1S/C22H23N7O/c23-22-26-21-3-1-2-19(29(21)27-22)17-6-4-16(5-7-17)14-24-18-8-9-20(25-15-18)28-10-12-30-13-11-28/h1-9,15,24H,10-14H2,(H2,23,27). The third-order valence-electron chi connectivity index (χ3n) is 5.21. The highest BCUT2D eigenvalue weighted by Gasteiger charge is 2.12. The molecule has 0 unspecified atom stereocenters. The van der Waals surface area contributed by atoms with E-state index in [2.05, 4.69) is 61.7 Å². The second-order valence-electron chi connectivity index (χ2n) is 7.21. The molecule has 5 rings (SSSR count). The SMILES string of the molecule is Nc1nc2cccc(-c3ccc(CNc4ccc(N5CCOCC5)nc4)cc3)n2n1. The summed E-state index contributed by atoms with van der Waals surface area (Å²) in [6.45, 7) is 4.02. The fourth-order valence-electron chi connectivity index (χ4n) is 3.61. The van der Waals surface area contributed by atoms with E-state index in [-0.39, 0.29) is 5.95 Å². The number of pyridine rings is 2. The van der Waals surface area contributed by atoms with E-state index < -0.39 is 0 Å². The summed E-state index contributed by atoms with van der Waals surface area (Å²) >= 11 is 0. The first-order valence-electron chi connectivity index (χ1n) is 9.99. The molecule has 30 heavy (non-hydrogen) atoms. The lowest BCUT2D eigenvalue weighted by molar-refractivity contribution is 0.122. The molecule has 8 heteroatoms. The lowest BCUT2D eigenvalue weighted by atomic mass is 10.1. The zero-order chi connectivity index (χ0) is 20.3. The van der Waals surface area contributed by atoms with Gasteiger partial charge in [0.15, 0.2) is 5.65 Å². The zero-order valence-electron chi connectivity index (χ0n) is 16.5. The van der Waals surface area contributed by atoms with E-state index in [0.29, 0.717) is 0 Å². The Morgan fingerprint density at radius 3 is 2.60 bits per heavy atom. The van der Waals surface area contributed by atoms with Crippen molar-refractivity contribution in [2.24, 2.45) is 0 Å². The molecule has 0 amide bonds. The average Bonchev–Trinajstić information content (AvgIpc) is 3.19. The van der Waals surface area contributed by atoms with E-state index in [9.17, 15) is 0 Å². The number of nitrogens with two attached hydrogens (primary N) is 1. The number of hydrogen-bond donors (Lipinski definition) is 2. The summed E-state index contributed by atoms with van der Waals surface area (Å²) in [6, 6.07) is 18.4. The van der Waals surface area contributed by atoms with Gasteiger partial charge in [-0.15, -0.1) is 5.10 Å². The average molecular weight is 401 g/mol. The normalized spacial score (nSPS) is 14.2. The molecule has 0 aliphatic carbocycles. The van der Waals surface area contributed by atoms with Crippen LogP contribution in [0.2, 0.25) is 0 Å². The van der Waals surface area contributed by atoms with Gasteiger partial charge >= 0.3 is 0 Å². The van der Waals surface area contributed by atoms with Crippen LogP contribution in [-0.4, -0.2) is 45.9 Å². The van der Waals surface area contributed by atoms with Crippen LogP contribution >= 0.6 is 0 Å². The first-order valence-corrected chi connectivity index (χ1v) is 9.99. The molecule has 8 nitrogen and oxygen atoms in total. The number of nitrogens with zero attached hydrogens (tertiary/aromatic N) is 5. The van der Waals surface area contributed by atoms with Crippen LogP contribution in [0.25, 0.3) is 16.9 Å². The number of benzene rings is 1. The highest BCUT2D eigenvalue weighted by molar-refractivity contribution is 5.64. The number of nitrogen functional groups attached to an aromatic ring is 1. The van der Waals surface area contributed by atoms with Crippen LogP contribution in [0.4, 0.5) is 17.5 Å². The zero-order valence-corrected chi connectivity index (χ0v) is 16.5. The number of ether oxygens (including phenoxy) is 1. The van der Waals surface area contributed by atoms with Crippen LogP contribution in [0.5, 0.6) is 0 Å². The van der Waals surface area contributed by atoms with Crippen molar-refractivity contribution in [3.63, 3.8) is 0 Å². The number of aromatic nitrogens is 4. The highest BCUT2D eigenvalue weighted by atomic mass is 16.5. The molecule has 4 aromatic rings. The number of fused-ring (bicyclic) bond motifs is 1. The fraction of sp³-hybridized carbons (Fsp3) is 0.227. The van der Waals surface area contributed by atoms with Crippen LogP contribution in [0, 0.1) is 0 Å². The monoisotopic (exact) mass is 401 g/mol. The Labute approximate surface area is 174 Å². The van der Waals surface area contributed by atoms with Crippen molar-refractivity contribution in [3.8, 4) is 11.3 Å². The Hall–Kier alpha value is -3.65. The molecule has 152 valence electrons. The molecule has 1 fully saturated rings. The van der Waals surface area contributed by atoms with Crippen molar-refractivity contribution >= 4 is 23.1 Å². The maximum atomic E-state index is 5.74. The topological polar surface area (TPSA) is 93.6 Å². The van der Waals surface area contributed by atoms with E-state index in [4.69, 9.17) is 10.5 Å². The molecule has 0 bridgehead atoms. The van der Waals surface area contributed by atoms with Gasteiger partial charge in [0.25, 0.3) is 0 Å². The predicted octanol–water partition coefficient (Wildman–Crippen LogP) is 2.82. The van der Waals surface area contributed by atoms with Gasteiger partial charge in [0.1, 0.15) is 5.82 Å². The second kappa shape index (κ2) is 8.00. The fourth-order valence-corrected chi connectivity index (χ4v) is 3.61. The van der Waals surface area contributed by atoms with Gasteiger partial charge in [-0.3, -0.25) is 0 Å². The molecular formula is C22H23N7O. The van der Waals surface area contributed by atoms with Crippen molar-refractivity contribution in [1.29, 1.82) is 0 Å². The third kappa shape index (κ3) is 3.77. The number of hydrogen-bond acceptors (Lipinski definition) is 7. The summed E-state index contributed by atoms with van der Waals surface area (Å²) in [5.74, 6) is 1.27. The molecule has 0 radical (unpaired) electrons. The van der Waals surface area contributed by atoms with Gasteiger partial charge in [-0.1, -0.05) is 30.3 Å². The Morgan fingerprint density at radius 1 is 1.00 bits per heavy atom. The highest BCUT2D eigenvalue weighted by Crippen LogP contribution is 2.22. The van der Waals surface area contributed by atoms with Gasteiger partial charge in [-0.2, -0.15) is 4.98 Å². The Bertz CT molecular complexity index is 1130. The molecule has 1 aliphatic heterocycles. The van der Waals surface area contributed by atoms with Crippen LogP contribution in [0.3, 0.4) is 0 Å². The molecule has 3 aromatic heterocycles. The molecule has 1 aliphatic rings. The number of anilines is 3. The van der Waals surface area contributed by atoms with E-state index in [1.807, 2.05) is 24.4 Å². The summed E-state index contributed by atoms with van der Waals surface area (Å²) in [5, 5.41) is 7.72. The van der Waals surface area contributed by atoms with Crippen molar-refractivity contribution in [2.45, 2.75) is 6.54 Å². The third-order valence-corrected chi connectivity index (χ3v) is 5.21. The molecule has 0 spiro atoms. The predicted molar refractivity (Wildman–Crippen MR) is 117 cm³/mol. The van der Waals surface area contributed by atoms with Crippen molar-refractivity contribution < 1.29 is 4.74 Å². The van der Waals surface area contributed by atoms with Gasteiger partial charge in [0, 0.05) is 25.2 Å². The smallest absolute Gasteiger partial charge is 0.240 e. The lowest BCUT2D eigenvalue weighted by Crippen LogP contribution is -2.36. The van der Waals surface area contributed by atoms with Crippen LogP contribution in [0.1, 0.15) is 5.56 Å². The van der Waals surface area contributed by atoms with Crippen LogP contribution < -0.4 is 16.0 Å². The Kier molecular flexibility index (Phi) is 4.90. The number of morpholine rings is 1. The molecule has 1 aromatic carbocycles. The lowest BCUT2D eigenvalue weighted by Gasteiger charge is -2.27. The van der Waals surface area contributed by atoms with Gasteiger partial charge in [-0.05, 0) is 29.8 Å². The number of rotatable bonds is 5. The summed E-state index contributed by atoms with van der Waals surface area (Å²) in [7, 11) is 0. The Balaban J connectivity index is 1.25. The molecule has 0 saturated carbocycles. The molecular weight excluding hydrogens is 378 g/mol. The van der Waals surface area contributed by atoms with Crippen LogP contribution in [0.15, 0.2) is 60.8 Å². The molecule has 3 N–H and O–H groups in total. The molecule has 4 heterocycles. The minimum Gasteiger partial charge on any atom is -0.380 e. The van der Waals surface area contributed by atoms with E-state index >= 15 is 0 Å². The molecule has 0 atom stereocenters. The van der Waals surface area contributed by atoms with Gasteiger partial charge in [-0.25, -0.2) is 9.50 Å².